The summed E-state index contributed by atoms with van der Waals surface area (Å²) in [4.78, 5) is 34.5. The van der Waals surface area contributed by atoms with E-state index in [0.29, 0.717) is 0 Å². The average Bonchev–Trinajstić information content (AvgIpc) is 2.48. The van der Waals surface area contributed by atoms with E-state index in [2.05, 4.69) is 10.6 Å². The number of carbonyl (C=O) groups is 3. The molecule has 1 fully saturated rings. The smallest absolute Gasteiger partial charge is 0.418 e. The van der Waals surface area contributed by atoms with Crippen molar-refractivity contribution in [1.29, 1.82) is 0 Å². The van der Waals surface area contributed by atoms with Crippen LogP contribution in [0.2, 0.25) is 0 Å². The fourth-order valence-electron chi connectivity index (χ4n) is 2.09. The van der Waals surface area contributed by atoms with Crippen molar-refractivity contribution in [2.45, 2.75) is 23.9 Å². The molecule has 130 valence electrons. The van der Waals surface area contributed by atoms with Gasteiger partial charge in [-0.1, -0.05) is 12.1 Å². The molecule has 24 heavy (non-hydrogen) atoms. The van der Waals surface area contributed by atoms with Crippen molar-refractivity contribution in [3.8, 4) is 0 Å². The number of benzene rings is 1. The van der Waals surface area contributed by atoms with E-state index in [-0.39, 0.29) is 17.9 Å². The number of halogens is 3. The minimum Gasteiger partial charge on any atom is -0.480 e. The molecule has 10 heteroatoms. The van der Waals surface area contributed by atoms with Crippen LogP contribution in [0.1, 0.15) is 12.0 Å². The van der Waals surface area contributed by atoms with Gasteiger partial charge in [0.2, 0.25) is 11.8 Å². The van der Waals surface area contributed by atoms with Gasteiger partial charge < -0.3 is 15.7 Å². The molecule has 2 rings (SSSR count). The highest BCUT2D eigenvalue weighted by molar-refractivity contribution is 8.00. The topological polar surface area (TPSA) is 95.5 Å². The number of carbonyl (C=O) groups excluding carboxylic acids is 2. The third-order valence-electron chi connectivity index (χ3n) is 3.25. The van der Waals surface area contributed by atoms with E-state index in [1.165, 1.54) is 12.1 Å². The molecule has 3 N–H and O–H groups in total. The Hall–Kier alpha value is -2.23. The number of carboxylic acids is 1. The first-order chi connectivity index (χ1) is 11.2. The lowest BCUT2D eigenvalue weighted by Crippen LogP contribution is -2.51. The molecule has 2 atom stereocenters. The second kappa shape index (κ2) is 7.12. The predicted octanol–water partition coefficient (Wildman–Crippen LogP) is 1.72. The Kier molecular flexibility index (Phi) is 5.37. The normalized spacial score (nSPS) is 21.0. The highest BCUT2D eigenvalue weighted by Gasteiger charge is 2.35. The second-order valence-corrected chi connectivity index (χ2v) is 6.25. The van der Waals surface area contributed by atoms with E-state index in [4.69, 9.17) is 5.11 Å². The van der Waals surface area contributed by atoms with Crippen molar-refractivity contribution < 1.29 is 32.7 Å². The van der Waals surface area contributed by atoms with Crippen molar-refractivity contribution in [3.05, 3.63) is 29.8 Å². The largest absolute Gasteiger partial charge is 0.480 e. The highest BCUT2D eigenvalue weighted by atomic mass is 32.2. The lowest BCUT2D eigenvalue weighted by Gasteiger charge is -2.26. The molecule has 1 aromatic carbocycles. The summed E-state index contributed by atoms with van der Waals surface area (Å²) in [7, 11) is 0. The van der Waals surface area contributed by atoms with Gasteiger partial charge in [0, 0.05) is 12.2 Å². The monoisotopic (exact) mass is 362 g/mol. The Morgan fingerprint density at radius 3 is 2.58 bits per heavy atom. The number of amides is 2. The average molecular weight is 362 g/mol. The van der Waals surface area contributed by atoms with Crippen LogP contribution in [0.4, 0.5) is 18.9 Å². The van der Waals surface area contributed by atoms with Crippen LogP contribution in [0.3, 0.4) is 0 Å². The predicted molar refractivity (Wildman–Crippen MR) is 80.5 cm³/mol. The van der Waals surface area contributed by atoms with Crippen LogP contribution in [0.25, 0.3) is 0 Å². The van der Waals surface area contributed by atoms with Gasteiger partial charge in [0.1, 0.15) is 6.04 Å². The zero-order valence-electron chi connectivity index (χ0n) is 12.1. The number of carboxylic acid groups (broad SMARTS) is 1. The molecular formula is C14H13F3N2O4S. The van der Waals surface area contributed by atoms with Crippen LogP contribution >= 0.6 is 11.8 Å². The Morgan fingerprint density at radius 2 is 2.00 bits per heavy atom. The van der Waals surface area contributed by atoms with Gasteiger partial charge in [-0.2, -0.15) is 13.2 Å². The van der Waals surface area contributed by atoms with E-state index < -0.39 is 40.8 Å². The van der Waals surface area contributed by atoms with Gasteiger partial charge in [-0.25, -0.2) is 4.79 Å². The zero-order valence-corrected chi connectivity index (χ0v) is 12.9. The van der Waals surface area contributed by atoms with Crippen molar-refractivity contribution in [2.24, 2.45) is 0 Å². The molecule has 0 unspecified atom stereocenters. The molecular weight excluding hydrogens is 349 g/mol. The van der Waals surface area contributed by atoms with Gasteiger partial charge in [-0.15, -0.1) is 11.8 Å². The summed E-state index contributed by atoms with van der Waals surface area (Å²) in [5.41, 5.74) is -1.37. The number of anilines is 1. The number of thioether (sulfide) groups is 1. The van der Waals surface area contributed by atoms with E-state index >= 15 is 0 Å². The third-order valence-corrected chi connectivity index (χ3v) is 4.56. The summed E-state index contributed by atoms with van der Waals surface area (Å²) < 4.78 is 38.6. The molecule has 0 spiro atoms. The van der Waals surface area contributed by atoms with Crippen molar-refractivity contribution in [2.75, 3.05) is 11.1 Å². The first kappa shape index (κ1) is 18.1. The number of alkyl halides is 3. The van der Waals surface area contributed by atoms with E-state index in [9.17, 15) is 27.6 Å². The minimum atomic E-state index is -4.62. The summed E-state index contributed by atoms with van der Waals surface area (Å²) in [5.74, 6) is -2.48. The molecule has 2 amide bonds. The maximum Gasteiger partial charge on any atom is 0.418 e. The Balaban J connectivity index is 2.00. The van der Waals surface area contributed by atoms with Gasteiger partial charge in [0.15, 0.2) is 0 Å². The summed E-state index contributed by atoms with van der Waals surface area (Å²) in [6.07, 6.45) is -4.97. The van der Waals surface area contributed by atoms with E-state index in [1.807, 2.05) is 0 Å². The number of rotatable bonds is 4. The summed E-state index contributed by atoms with van der Waals surface area (Å²) >= 11 is 0.980. The Labute approximate surface area is 138 Å². The van der Waals surface area contributed by atoms with Gasteiger partial charge >= 0.3 is 12.1 Å². The molecule has 1 heterocycles. The van der Waals surface area contributed by atoms with Crippen molar-refractivity contribution in [1.82, 2.24) is 5.32 Å². The van der Waals surface area contributed by atoms with Gasteiger partial charge in [-0.3, -0.25) is 9.59 Å². The van der Waals surface area contributed by atoms with Gasteiger partial charge in [0.05, 0.1) is 16.5 Å². The number of aliphatic carboxylic acids is 1. The molecule has 6 nitrogen and oxygen atoms in total. The molecule has 1 aliphatic rings. The summed E-state index contributed by atoms with van der Waals surface area (Å²) in [6.45, 7) is 0. The molecule has 0 aromatic heterocycles. The summed E-state index contributed by atoms with van der Waals surface area (Å²) in [5, 5.41) is 12.4. The van der Waals surface area contributed by atoms with Gasteiger partial charge in [-0.05, 0) is 12.1 Å². The van der Waals surface area contributed by atoms with Crippen LogP contribution in [0, 0.1) is 0 Å². The first-order valence-electron chi connectivity index (χ1n) is 6.79. The fourth-order valence-corrected chi connectivity index (χ4v) is 3.23. The maximum absolute atomic E-state index is 12.9. The lowest BCUT2D eigenvalue weighted by molar-refractivity contribution is -0.141. The molecule has 0 bridgehead atoms. The first-order valence-corrected chi connectivity index (χ1v) is 7.84. The third kappa shape index (κ3) is 4.40. The molecule has 0 saturated carbocycles. The number of nitrogens with one attached hydrogen (secondary N) is 2. The SMILES string of the molecule is O=C(C[C@@H]1SC[C@H](C(=O)O)NC1=O)Nc1ccccc1C(F)(F)F. The lowest BCUT2D eigenvalue weighted by atomic mass is 10.1. The Morgan fingerprint density at radius 1 is 1.33 bits per heavy atom. The fraction of sp³-hybridized carbons (Fsp3) is 0.357. The van der Waals surface area contributed by atoms with Crippen LogP contribution in [-0.2, 0) is 20.6 Å². The molecule has 1 saturated heterocycles. The zero-order chi connectivity index (χ0) is 17.9. The van der Waals surface area contributed by atoms with Crippen LogP contribution in [0.15, 0.2) is 24.3 Å². The van der Waals surface area contributed by atoms with E-state index in [0.717, 1.165) is 23.9 Å². The standard InChI is InChI=1S/C14H13F3N2O4S/c15-14(16,17)7-3-1-2-4-8(7)18-11(20)5-10-12(21)19-9(6-24-10)13(22)23/h1-4,9-10H,5-6H2,(H,18,20)(H,19,21)(H,22,23)/t9-,10+/m1/s1. The van der Waals surface area contributed by atoms with Crippen molar-refractivity contribution >= 4 is 35.2 Å². The molecule has 1 aliphatic heterocycles. The van der Waals surface area contributed by atoms with Crippen molar-refractivity contribution in [3.63, 3.8) is 0 Å². The molecule has 1 aromatic rings. The molecule has 0 aliphatic carbocycles. The quantitative estimate of drug-likeness (QED) is 0.758. The number of hydrogen-bond donors (Lipinski definition) is 3. The minimum absolute atomic E-state index is 0.0815. The van der Waals surface area contributed by atoms with E-state index in [1.54, 1.807) is 0 Å². The van der Waals surface area contributed by atoms with Crippen LogP contribution in [0.5, 0.6) is 0 Å². The summed E-state index contributed by atoms with van der Waals surface area (Å²) in [6, 6.07) is 3.48. The van der Waals surface area contributed by atoms with Crippen LogP contribution < -0.4 is 10.6 Å². The Bertz CT molecular complexity index is 666. The number of hydrogen-bond acceptors (Lipinski definition) is 4. The van der Waals surface area contributed by atoms with Gasteiger partial charge in [0.25, 0.3) is 0 Å². The van der Waals surface area contributed by atoms with Crippen LogP contribution in [-0.4, -0.2) is 39.9 Å². The second-order valence-electron chi connectivity index (χ2n) is 5.02. The maximum atomic E-state index is 12.9. The molecule has 0 radical (unpaired) electrons. The number of para-hydroxylation sites is 1. The highest BCUT2D eigenvalue weighted by Crippen LogP contribution is 2.34.